The lowest BCUT2D eigenvalue weighted by Crippen LogP contribution is -2.22. The molecule has 4 heteroatoms. The molecule has 0 heterocycles. The van der Waals surface area contributed by atoms with Crippen LogP contribution < -0.4 is 0 Å². The van der Waals surface area contributed by atoms with Crippen molar-refractivity contribution < 1.29 is 19.5 Å². The van der Waals surface area contributed by atoms with Gasteiger partial charge in [-0.2, -0.15) is 0 Å². The summed E-state index contributed by atoms with van der Waals surface area (Å²) in [4.78, 5) is 34.2. The molecule has 106 valence electrons. The highest BCUT2D eigenvalue weighted by Gasteiger charge is 2.33. The van der Waals surface area contributed by atoms with Gasteiger partial charge in [-0.25, -0.2) is 4.79 Å². The second kappa shape index (κ2) is 6.64. The molecule has 1 rings (SSSR count). The van der Waals surface area contributed by atoms with E-state index in [-0.39, 0.29) is 41.3 Å². The molecule has 3 unspecified atom stereocenters. The van der Waals surface area contributed by atoms with Crippen molar-refractivity contribution in [2.45, 2.75) is 46.0 Å². The Bertz CT molecular complexity index is 397. The Balaban J connectivity index is 2.73. The molecule has 0 aromatic carbocycles. The highest BCUT2D eigenvalue weighted by Crippen LogP contribution is 2.34. The Morgan fingerprint density at radius 2 is 2.00 bits per heavy atom. The maximum Gasteiger partial charge on any atom is 0.331 e. The Hall–Kier alpha value is -1.45. The fourth-order valence-electron chi connectivity index (χ4n) is 2.76. The molecule has 1 saturated carbocycles. The molecule has 1 N–H and O–H groups in total. The van der Waals surface area contributed by atoms with Crippen LogP contribution in [0, 0.1) is 17.8 Å². The molecular formula is C15H22O4. The summed E-state index contributed by atoms with van der Waals surface area (Å²) in [5.74, 6) is -1.01. The third-order valence-corrected chi connectivity index (χ3v) is 4.09. The molecule has 0 radical (unpaired) electrons. The standard InChI is InChI=1S/C15H22O4/c1-9-4-6-12(11(3)15(18)19)8-14(17)13(9)7-5-10(2)16/h9,12-13H,3-8H2,1-2H3,(H,18,19). The van der Waals surface area contributed by atoms with Gasteiger partial charge in [-0.15, -0.1) is 0 Å². The number of carboxylic acid groups (broad SMARTS) is 1. The Morgan fingerprint density at radius 1 is 1.37 bits per heavy atom. The highest BCUT2D eigenvalue weighted by atomic mass is 16.4. The zero-order valence-electron chi connectivity index (χ0n) is 11.6. The topological polar surface area (TPSA) is 71.4 Å². The zero-order valence-corrected chi connectivity index (χ0v) is 11.6. The molecule has 3 atom stereocenters. The zero-order chi connectivity index (χ0) is 14.6. The Morgan fingerprint density at radius 3 is 2.53 bits per heavy atom. The van der Waals surface area contributed by atoms with E-state index in [1.165, 1.54) is 6.92 Å². The smallest absolute Gasteiger partial charge is 0.331 e. The van der Waals surface area contributed by atoms with E-state index in [0.717, 1.165) is 6.42 Å². The van der Waals surface area contributed by atoms with Crippen molar-refractivity contribution in [1.29, 1.82) is 0 Å². The van der Waals surface area contributed by atoms with E-state index in [1.54, 1.807) is 0 Å². The number of carbonyl (C=O) groups is 3. The van der Waals surface area contributed by atoms with Gasteiger partial charge in [-0.05, 0) is 38.0 Å². The van der Waals surface area contributed by atoms with Crippen molar-refractivity contribution >= 4 is 17.5 Å². The first-order valence-corrected chi connectivity index (χ1v) is 6.77. The lowest BCUT2D eigenvalue weighted by atomic mass is 9.84. The average molecular weight is 266 g/mol. The van der Waals surface area contributed by atoms with Gasteiger partial charge < -0.3 is 9.90 Å². The number of ketones is 2. The van der Waals surface area contributed by atoms with Gasteiger partial charge in [-0.1, -0.05) is 13.5 Å². The van der Waals surface area contributed by atoms with Gasteiger partial charge in [0.15, 0.2) is 0 Å². The molecule has 1 aliphatic rings. The SMILES string of the molecule is C=C(C(=O)O)C1CCC(C)C(CCC(C)=O)C(=O)C1. The van der Waals surface area contributed by atoms with Crippen LogP contribution in [0.15, 0.2) is 12.2 Å². The van der Waals surface area contributed by atoms with Crippen LogP contribution in [-0.4, -0.2) is 22.6 Å². The van der Waals surface area contributed by atoms with Gasteiger partial charge in [0.25, 0.3) is 0 Å². The number of hydrogen-bond acceptors (Lipinski definition) is 3. The van der Waals surface area contributed by atoms with Crippen LogP contribution in [0.1, 0.15) is 46.0 Å². The minimum absolute atomic E-state index is 0.0821. The lowest BCUT2D eigenvalue weighted by molar-refractivity contribution is -0.133. The van der Waals surface area contributed by atoms with Crippen LogP contribution in [0.25, 0.3) is 0 Å². The van der Waals surface area contributed by atoms with E-state index in [2.05, 4.69) is 6.58 Å². The summed E-state index contributed by atoms with van der Waals surface area (Å²) in [5.41, 5.74) is 0.132. The van der Waals surface area contributed by atoms with E-state index < -0.39 is 5.97 Å². The van der Waals surface area contributed by atoms with E-state index in [1.807, 2.05) is 6.92 Å². The van der Waals surface area contributed by atoms with Crippen molar-refractivity contribution in [3.63, 3.8) is 0 Å². The van der Waals surface area contributed by atoms with Crippen molar-refractivity contribution in [3.05, 3.63) is 12.2 Å². The summed E-state index contributed by atoms with van der Waals surface area (Å²) in [6.45, 7) is 7.11. The molecule has 0 bridgehead atoms. The van der Waals surface area contributed by atoms with Gasteiger partial charge >= 0.3 is 5.97 Å². The number of hydrogen-bond donors (Lipinski definition) is 1. The van der Waals surface area contributed by atoms with Crippen LogP contribution in [0.5, 0.6) is 0 Å². The van der Waals surface area contributed by atoms with E-state index in [0.29, 0.717) is 19.3 Å². The maximum absolute atomic E-state index is 12.2. The largest absolute Gasteiger partial charge is 0.478 e. The minimum atomic E-state index is -1.02. The highest BCUT2D eigenvalue weighted by molar-refractivity contribution is 5.89. The molecular weight excluding hydrogens is 244 g/mol. The fraction of sp³-hybridized carbons (Fsp3) is 0.667. The first-order chi connectivity index (χ1) is 8.82. The van der Waals surface area contributed by atoms with Crippen LogP contribution in [0.2, 0.25) is 0 Å². The second-order valence-electron chi connectivity index (χ2n) is 5.60. The van der Waals surface area contributed by atoms with E-state index in [4.69, 9.17) is 5.11 Å². The summed E-state index contributed by atoms with van der Waals surface area (Å²) in [7, 11) is 0. The molecule has 0 aromatic heterocycles. The molecule has 19 heavy (non-hydrogen) atoms. The molecule has 0 amide bonds. The third-order valence-electron chi connectivity index (χ3n) is 4.09. The molecule has 0 saturated heterocycles. The normalized spacial score (nSPS) is 27.7. The molecule has 0 spiro atoms. The Labute approximate surface area is 113 Å². The lowest BCUT2D eigenvalue weighted by Gasteiger charge is -2.19. The van der Waals surface area contributed by atoms with Crippen LogP contribution in [0.3, 0.4) is 0 Å². The predicted molar refractivity (Wildman–Crippen MR) is 71.7 cm³/mol. The van der Waals surface area contributed by atoms with Crippen molar-refractivity contribution in [1.82, 2.24) is 0 Å². The monoisotopic (exact) mass is 266 g/mol. The van der Waals surface area contributed by atoms with Gasteiger partial charge in [-0.3, -0.25) is 4.79 Å². The molecule has 0 aromatic rings. The van der Waals surface area contributed by atoms with E-state index >= 15 is 0 Å². The summed E-state index contributed by atoms with van der Waals surface area (Å²) in [6.07, 6.45) is 2.75. The summed E-state index contributed by atoms with van der Waals surface area (Å²) in [5, 5.41) is 8.96. The predicted octanol–water partition coefficient (Wildman–Crippen LogP) is 2.62. The second-order valence-corrected chi connectivity index (χ2v) is 5.60. The quantitative estimate of drug-likeness (QED) is 0.613. The number of carboxylic acids is 1. The maximum atomic E-state index is 12.2. The van der Waals surface area contributed by atoms with Crippen molar-refractivity contribution in [2.75, 3.05) is 0 Å². The fourth-order valence-corrected chi connectivity index (χ4v) is 2.76. The van der Waals surface area contributed by atoms with E-state index in [9.17, 15) is 14.4 Å². The third kappa shape index (κ3) is 4.30. The first-order valence-electron chi connectivity index (χ1n) is 6.77. The molecule has 0 aliphatic heterocycles. The molecule has 1 aliphatic carbocycles. The Kier molecular flexibility index (Phi) is 5.45. The number of carbonyl (C=O) groups excluding carboxylic acids is 2. The van der Waals surface area contributed by atoms with Gasteiger partial charge in [0.2, 0.25) is 0 Å². The van der Waals surface area contributed by atoms with Crippen molar-refractivity contribution in [3.8, 4) is 0 Å². The van der Waals surface area contributed by atoms with Gasteiger partial charge in [0.1, 0.15) is 11.6 Å². The summed E-state index contributed by atoms with van der Waals surface area (Å²) >= 11 is 0. The first kappa shape index (κ1) is 15.6. The number of aliphatic carboxylic acids is 1. The number of rotatable bonds is 5. The van der Waals surface area contributed by atoms with Crippen molar-refractivity contribution in [2.24, 2.45) is 17.8 Å². The molecule has 4 nitrogen and oxygen atoms in total. The van der Waals surface area contributed by atoms with Gasteiger partial charge in [0, 0.05) is 24.3 Å². The molecule has 1 fully saturated rings. The van der Waals surface area contributed by atoms with Crippen LogP contribution in [0.4, 0.5) is 0 Å². The summed E-state index contributed by atoms with van der Waals surface area (Å²) in [6, 6.07) is 0. The van der Waals surface area contributed by atoms with Crippen LogP contribution >= 0.6 is 0 Å². The number of Topliss-reactive ketones (excluding diaryl/α,β-unsaturated/α-hetero) is 2. The van der Waals surface area contributed by atoms with Crippen LogP contribution in [-0.2, 0) is 14.4 Å². The summed E-state index contributed by atoms with van der Waals surface area (Å²) < 4.78 is 0. The minimum Gasteiger partial charge on any atom is -0.478 e. The average Bonchev–Trinajstić information content (AvgIpc) is 2.45. The van der Waals surface area contributed by atoms with Gasteiger partial charge in [0.05, 0.1) is 0 Å².